The number of amides is 1. The van der Waals surface area contributed by atoms with E-state index in [1.54, 1.807) is 38.2 Å². The summed E-state index contributed by atoms with van der Waals surface area (Å²) in [6, 6.07) is 3.86. The van der Waals surface area contributed by atoms with E-state index in [0.717, 1.165) is 8.66 Å². The van der Waals surface area contributed by atoms with Gasteiger partial charge >= 0.3 is 0 Å². The molecule has 0 aliphatic heterocycles. The Kier molecular flexibility index (Phi) is 4.91. The molecule has 0 saturated carbocycles. The summed E-state index contributed by atoms with van der Waals surface area (Å²) in [5, 5.41) is 12.2. The van der Waals surface area contributed by atoms with E-state index in [2.05, 4.69) is 21.2 Å². The number of nitrogens with one attached hydrogen (secondary N) is 1. The molecular weight excluding hydrogens is 302 g/mol. The molecule has 2 N–H and O–H groups in total. The quantitative estimate of drug-likeness (QED) is 0.839. The van der Waals surface area contributed by atoms with E-state index in [1.165, 1.54) is 6.08 Å². The highest BCUT2D eigenvalue weighted by atomic mass is 79.9. The van der Waals surface area contributed by atoms with Crippen LogP contribution in [0, 0.1) is 0 Å². The van der Waals surface area contributed by atoms with Gasteiger partial charge in [0.2, 0.25) is 5.91 Å². The Morgan fingerprint density at radius 3 is 2.71 bits per heavy atom. The van der Waals surface area contributed by atoms with E-state index in [0.29, 0.717) is 0 Å². The van der Waals surface area contributed by atoms with Crippen molar-refractivity contribution >= 4 is 39.2 Å². The minimum Gasteiger partial charge on any atom is -0.391 e. The van der Waals surface area contributed by atoms with Crippen LogP contribution in [0.1, 0.15) is 25.6 Å². The van der Waals surface area contributed by atoms with Crippen molar-refractivity contribution in [1.82, 2.24) is 5.32 Å². The largest absolute Gasteiger partial charge is 0.391 e. The minimum absolute atomic E-state index is 0.208. The average Bonchev–Trinajstić information content (AvgIpc) is 2.60. The summed E-state index contributed by atoms with van der Waals surface area (Å²) in [4.78, 5) is 12.6. The molecule has 0 aromatic carbocycles. The van der Waals surface area contributed by atoms with Crippen LogP contribution in [0.15, 0.2) is 22.0 Å². The second kappa shape index (κ2) is 5.80. The number of thiophene rings is 1. The first-order chi connectivity index (χ1) is 7.81. The van der Waals surface area contributed by atoms with E-state index in [-0.39, 0.29) is 5.91 Å². The lowest BCUT2D eigenvalue weighted by Gasteiger charge is -2.28. The average molecular weight is 318 g/mol. The van der Waals surface area contributed by atoms with Crippen LogP contribution in [0.25, 0.3) is 6.08 Å². The smallest absolute Gasteiger partial charge is 0.244 e. The summed E-state index contributed by atoms with van der Waals surface area (Å²) in [7, 11) is 0. The third-order valence-corrected chi connectivity index (χ3v) is 4.07. The van der Waals surface area contributed by atoms with Gasteiger partial charge in [-0.25, -0.2) is 0 Å². The van der Waals surface area contributed by atoms with Crippen LogP contribution < -0.4 is 5.32 Å². The van der Waals surface area contributed by atoms with E-state index < -0.39 is 11.6 Å². The van der Waals surface area contributed by atoms with E-state index in [4.69, 9.17) is 0 Å². The highest BCUT2D eigenvalue weighted by molar-refractivity contribution is 9.11. The van der Waals surface area contributed by atoms with Crippen LogP contribution in [-0.4, -0.2) is 22.7 Å². The highest BCUT2D eigenvalue weighted by Crippen LogP contribution is 2.22. The summed E-state index contributed by atoms with van der Waals surface area (Å²) in [6.45, 7) is 5.22. The van der Waals surface area contributed by atoms with Crippen LogP contribution in [0.2, 0.25) is 0 Å². The lowest BCUT2D eigenvalue weighted by molar-refractivity contribution is -0.119. The molecule has 0 aliphatic rings. The summed E-state index contributed by atoms with van der Waals surface area (Å²) in [6.07, 6.45) is 2.63. The Morgan fingerprint density at radius 2 is 2.24 bits per heavy atom. The Hall–Kier alpha value is -0.650. The normalized spacial score (nSPS) is 13.9. The number of carbonyl (C=O) groups excluding carboxylic acids is 1. The number of halogens is 1. The fraction of sp³-hybridized carbons (Fsp3) is 0.417. The van der Waals surface area contributed by atoms with Crippen molar-refractivity contribution in [3.63, 3.8) is 0 Å². The van der Waals surface area contributed by atoms with Crippen molar-refractivity contribution in [3.05, 3.63) is 26.9 Å². The second-order valence-corrected chi connectivity index (χ2v) is 6.86. The maximum Gasteiger partial charge on any atom is 0.244 e. The van der Waals surface area contributed by atoms with E-state index in [1.807, 2.05) is 12.1 Å². The minimum atomic E-state index is -0.628. The molecule has 1 unspecified atom stereocenters. The van der Waals surface area contributed by atoms with Gasteiger partial charge in [-0.05, 0) is 54.9 Å². The molecular formula is C12H16BrNO2S. The fourth-order valence-electron chi connectivity index (χ4n) is 1.04. The van der Waals surface area contributed by atoms with Crippen molar-refractivity contribution in [2.45, 2.75) is 32.4 Å². The van der Waals surface area contributed by atoms with Gasteiger partial charge in [0.25, 0.3) is 0 Å². The van der Waals surface area contributed by atoms with Gasteiger partial charge in [-0.1, -0.05) is 0 Å². The third-order valence-electron chi connectivity index (χ3n) is 2.48. The predicted molar refractivity (Wildman–Crippen MR) is 75.0 cm³/mol. The molecule has 0 radical (unpaired) electrons. The lowest BCUT2D eigenvalue weighted by atomic mass is 9.99. The molecule has 5 heteroatoms. The van der Waals surface area contributed by atoms with Gasteiger partial charge in [0, 0.05) is 11.0 Å². The van der Waals surface area contributed by atoms with E-state index in [9.17, 15) is 9.90 Å². The van der Waals surface area contributed by atoms with Gasteiger partial charge in [0.15, 0.2) is 0 Å². The molecule has 1 aromatic heterocycles. The molecule has 0 spiro atoms. The number of rotatable bonds is 4. The third kappa shape index (κ3) is 4.61. The maximum atomic E-state index is 11.6. The Morgan fingerprint density at radius 1 is 1.59 bits per heavy atom. The number of aliphatic hydroxyl groups is 1. The summed E-state index contributed by atoms with van der Waals surface area (Å²) in [5.74, 6) is -0.208. The standard InChI is InChI=1S/C12H16BrNO2S/c1-8(15)12(2,3)14-11(16)7-5-9-4-6-10(13)17-9/h4-8,15H,1-3H3,(H,14,16)/b7-5+. The van der Waals surface area contributed by atoms with Gasteiger partial charge in [-0.15, -0.1) is 11.3 Å². The van der Waals surface area contributed by atoms with Crippen LogP contribution in [0.5, 0.6) is 0 Å². The lowest BCUT2D eigenvalue weighted by Crippen LogP contribution is -2.50. The monoisotopic (exact) mass is 317 g/mol. The SMILES string of the molecule is CC(O)C(C)(C)NC(=O)/C=C/c1ccc(Br)s1. The maximum absolute atomic E-state index is 11.6. The van der Waals surface area contributed by atoms with Gasteiger partial charge in [0.1, 0.15) is 0 Å². The molecule has 17 heavy (non-hydrogen) atoms. The number of carbonyl (C=O) groups is 1. The molecule has 94 valence electrons. The summed E-state index contributed by atoms with van der Waals surface area (Å²) < 4.78 is 1.03. The zero-order chi connectivity index (χ0) is 13.1. The van der Waals surface area contributed by atoms with Gasteiger partial charge < -0.3 is 10.4 Å². The molecule has 0 fully saturated rings. The Labute approximate surface area is 114 Å². The fourth-order valence-corrected chi connectivity index (χ4v) is 2.37. The molecule has 0 aliphatic carbocycles. The molecule has 1 rings (SSSR count). The molecule has 1 heterocycles. The topological polar surface area (TPSA) is 49.3 Å². The first kappa shape index (κ1) is 14.4. The second-order valence-electron chi connectivity index (χ2n) is 4.36. The number of hydrogen-bond donors (Lipinski definition) is 2. The highest BCUT2D eigenvalue weighted by Gasteiger charge is 2.24. The van der Waals surface area contributed by atoms with Gasteiger partial charge in [-0.2, -0.15) is 0 Å². The molecule has 0 bridgehead atoms. The van der Waals surface area contributed by atoms with Crippen molar-refractivity contribution in [2.75, 3.05) is 0 Å². The molecule has 1 aromatic rings. The summed E-state index contributed by atoms with van der Waals surface area (Å²) >= 11 is 4.91. The van der Waals surface area contributed by atoms with Gasteiger partial charge in [-0.3, -0.25) is 4.79 Å². The predicted octanol–water partition coefficient (Wildman–Crippen LogP) is 2.80. The zero-order valence-electron chi connectivity index (χ0n) is 10.0. The van der Waals surface area contributed by atoms with Crippen molar-refractivity contribution < 1.29 is 9.90 Å². The Bertz CT molecular complexity index is 424. The van der Waals surface area contributed by atoms with Crippen LogP contribution >= 0.6 is 27.3 Å². The zero-order valence-corrected chi connectivity index (χ0v) is 12.4. The van der Waals surface area contributed by atoms with Gasteiger partial charge in [0.05, 0.1) is 15.4 Å². The van der Waals surface area contributed by atoms with Crippen LogP contribution in [0.4, 0.5) is 0 Å². The van der Waals surface area contributed by atoms with Crippen molar-refractivity contribution in [1.29, 1.82) is 0 Å². The van der Waals surface area contributed by atoms with E-state index >= 15 is 0 Å². The molecule has 1 atom stereocenters. The first-order valence-corrected chi connectivity index (χ1v) is 6.86. The molecule has 3 nitrogen and oxygen atoms in total. The van der Waals surface area contributed by atoms with Crippen LogP contribution in [-0.2, 0) is 4.79 Å². The van der Waals surface area contributed by atoms with Crippen LogP contribution in [0.3, 0.4) is 0 Å². The van der Waals surface area contributed by atoms with Crippen molar-refractivity contribution in [3.8, 4) is 0 Å². The summed E-state index contributed by atoms with van der Waals surface area (Å²) in [5.41, 5.74) is -0.628. The van der Waals surface area contributed by atoms with Crippen molar-refractivity contribution in [2.24, 2.45) is 0 Å². The number of hydrogen-bond acceptors (Lipinski definition) is 3. The molecule has 1 amide bonds. The Balaban J connectivity index is 2.58. The first-order valence-electron chi connectivity index (χ1n) is 5.25. The molecule has 0 saturated heterocycles. The number of aliphatic hydroxyl groups excluding tert-OH is 1.